The highest BCUT2D eigenvalue weighted by molar-refractivity contribution is 4.78. The predicted octanol–water partition coefficient (Wildman–Crippen LogP) is 1.72. The molecule has 2 aliphatic rings. The molecule has 1 saturated carbocycles. The van der Waals surface area contributed by atoms with Gasteiger partial charge in [0.2, 0.25) is 0 Å². The Morgan fingerprint density at radius 2 is 2.07 bits per heavy atom. The van der Waals surface area contributed by atoms with Gasteiger partial charge in [-0.1, -0.05) is 19.8 Å². The van der Waals surface area contributed by atoms with Gasteiger partial charge in [-0.05, 0) is 37.8 Å². The van der Waals surface area contributed by atoms with Gasteiger partial charge in [0.1, 0.15) is 0 Å². The molecular weight excluding hydrogens is 172 g/mol. The fraction of sp³-hybridized carbons (Fsp3) is 1.00. The lowest BCUT2D eigenvalue weighted by atomic mass is 9.97. The highest BCUT2D eigenvalue weighted by Crippen LogP contribution is 2.31. The van der Waals surface area contributed by atoms with Crippen molar-refractivity contribution in [1.82, 2.24) is 10.2 Å². The highest BCUT2D eigenvalue weighted by Gasteiger charge is 2.25. The molecule has 0 aromatic rings. The molecule has 2 unspecified atom stereocenters. The lowest BCUT2D eigenvalue weighted by molar-refractivity contribution is 0.221. The Balaban J connectivity index is 1.77. The smallest absolute Gasteiger partial charge is 0.0107 e. The molecule has 0 aromatic heterocycles. The molecular formula is C12H24N2. The minimum atomic E-state index is 0.978. The van der Waals surface area contributed by atoms with Gasteiger partial charge < -0.3 is 10.2 Å². The summed E-state index contributed by atoms with van der Waals surface area (Å²) < 4.78 is 0. The van der Waals surface area contributed by atoms with Crippen LogP contribution in [-0.2, 0) is 0 Å². The molecule has 1 aliphatic heterocycles. The first-order chi connectivity index (χ1) is 6.86. The average Bonchev–Trinajstić information content (AvgIpc) is 2.44. The normalized spacial score (nSPS) is 35.8. The van der Waals surface area contributed by atoms with Gasteiger partial charge >= 0.3 is 0 Å². The van der Waals surface area contributed by atoms with Crippen molar-refractivity contribution in [3.63, 3.8) is 0 Å². The zero-order chi connectivity index (χ0) is 9.80. The molecule has 0 radical (unpaired) electrons. The molecule has 2 atom stereocenters. The molecule has 1 saturated heterocycles. The van der Waals surface area contributed by atoms with Crippen molar-refractivity contribution in [3.8, 4) is 0 Å². The van der Waals surface area contributed by atoms with Crippen molar-refractivity contribution < 1.29 is 0 Å². The van der Waals surface area contributed by atoms with E-state index in [1.165, 1.54) is 58.4 Å². The van der Waals surface area contributed by atoms with Crippen LogP contribution in [0.15, 0.2) is 0 Å². The summed E-state index contributed by atoms with van der Waals surface area (Å²) in [5.41, 5.74) is 0. The lowest BCUT2D eigenvalue weighted by Gasteiger charge is -2.25. The molecule has 14 heavy (non-hydrogen) atoms. The molecule has 2 rings (SSSR count). The van der Waals surface area contributed by atoms with E-state index in [2.05, 4.69) is 17.1 Å². The largest absolute Gasteiger partial charge is 0.315 e. The molecule has 2 heteroatoms. The topological polar surface area (TPSA) is 15.3 Å². The maximum absolute atomic E-state index is 3.47. The fourth-order valence-corrected chi connectivity index (χ4v) is 2.91. The summed E-state index contributed by atoms with van der Waals surface area (Å²) >= 11 is 0. The van der Waals surface area contributed by atoms with Crippen LogP contribution < -0.4 is 5.32 Å². The second-order valence-corrected chi connectivity index (χ2v) is 5.07. The van der Waals surface area contributed by atoms with Crippen molar-refractivity contribution in [3.05, 3.63) is 0 Å². The van der Waals surface area contributed by atoms with Gasteiger partial charge in [0.05, 0.1) is 0 Å². The molecule has 2 nitrogen and oxygen atoms in total. The van der Waals surface area contributed by atoms with Gasteiger partial charge in [0.15, 0.2) is 0 Å². The van der Waals surface area contributed by atoms with Crippen LogP contribution >= 0.6 is 0 Å². The van der Waals surface area contributed by atoms with E-state index in [0.29, 0.717) is 0 Å². The van der Waals surface area contributed by atoms with Gasteiger partial charge in [0.25, 0.3) is 0 Å². The zero-order valence-corrected chi connectivity index (χ0v) is 9.47. The van der Waals surface area contributed by atoms with Crippen LogP contribution in [0, 0.1) is 11.8 Å². The Hall–Kier alpha value is -0.0800. The summed E-state index contributed by atoms with van der Waals surface area (Å²) in [4.78, 5) is 2.67. The van der Waals surface area contributed by atoms with E-state index in [0.717, 1.165) is 11.8 Å². The predicted molar refractivity (Wildman–Crippen MR) is 60.4 cm³/mol. The second-order valence-electron chi connectivity index (χ2n) is 5.07. The molecule has 0 aromatic carbocycles. The Labute approximate surface area is 88.1 Å². The first-order valence-electron chi connectivity index (χ1n) is 6.29. The van der Waals surface area contributed by atoms with Crippen LogP contribution in [0.3, 0.4) is 0 Å². The van der Waals surface area contributed by atoms with Crippen molar-refractivity contribution in [1.29, 1.82) is 0 Å². The van der Waals surface area contributed by atoms with E-state index in [9.17, 15) is 0 Å². The number of hydrogen-bond acceptors (Lipinski definition) is 2. The fourth-order valence-electron chi connectivity index (χ4n) is 2.91. The lowest BCUT2D eigenvalue weighted by Crippen LogP contribution is -2.33. The van der Waals surface area contributed by atoms with E-state index >= 15 is 0 Å². The number of rotatable bonds is 2. The summed E-state index contributed by atoms with van der Waals surface area (Å²) in [5, 5.41) is 3.47. The maximum Gasteiger partial charge on any atom is 0.0107 e. The number of nitrogens with zero attached hydrogens (tertiary/aromatic N) is 1. The Morgan fingerprint density at radius 1 is 1.14 bits per heavy atom. The van der Waals surface area contributed by atoms with E-state index in [-0.39, 0.29) is 0 Å². The summed E-state index contributed by atoms with van der Waals surface area (Å²) in [5.74, 6) is 1.97. The van der Waals surface area contributed by atoms with Crippen LogP contribution in [-0.4, -0.2) is 37.6 Å². The van der Waals surface area contributed by atoms with E-state index in [1.54, 1.807) is 0 Å². The minimum absolute atomic E-state index is 0.978. The summed E-state index contributed by atoms with van der Waals surface area (Å²) in [6.07, 6.45) is 5.75. The molecule has 1 N–H and O–H groups in total. The van der Waals surface area contributed by atoms with Gasteiger partial charge in [0, 0.05) is 19.6 Å². The van der Waals surface area contributed by atoms with Crippen molar-refractivity contribution in [2.24, 2.45) is 11.8 Å². The SMILES string of the molecule is CC1CCCC1CN1CCCNCC1. The van der Waals surface area contributed by atoms with E-state index in [4.69, 9.17) is 0 Å². The zero-order valence-electron chi connectivity index (χ0n) is 9.47. The van der Waals surface area contributed by atoms with Crippen molar-refractivity contribution >= 4 is 0 Å². The molecule has 0 amide bonds. The summed E-state index contributed by atoms with van der Waals surface area (Å²) in [6, 6.07) is 0. The van der Waals surface area contributed by atoms with Crippen LogP contribution in [0.4, 0.5) is 0 Å². The standard InChI is InChI=1S/C12H24N2/c1-11-4-2-5-12(11)10-14-8-3-6-13-7-9-14/h11-13H,2-10H2,1H3. The minimum Gasteiger partial charge on any atom is -0.315 e. The van der Waals surface area contributed by atoms with Crippen molar-refractivity contribution in [2.75, 3.05) is 32.7 Å². The Bertz CT molecular complexity index is 162. The molecule has 1 aliphatic carbocycles. The van der Waals surface area contributed by atoms with Gasteiger partial charge in [-0.3, -0.25) is 0 Å². The first kappa shape index (κ1) is 10.4. The van der Waals surface area contributed by atoms with Crippen LogP contribution in [0.1, 0.15) is 32.6 Å². The summed E-state index contributed by atoms with van der Waals surface area (Å²) in [7, 11) is 0. The molecule has 0 bridgehead atoms. The average molecular weight is 196 g/mol. The number of hydrogen-bond donors (Lipinski definition) is 1. The third kappa shape index (κ3) is 2.71. The van der Waals surface area contributed by atoms with Crippen molar-refractivity contribution in [2.45, 2.75) is 32.6 Å². The molecule has 2 fully saturated rings. The van der Waals surface area contributed by atoms with Crippen LogP contribution in [0.5, 0.6) is 0 Å². The van der Waals surface area contributed by atoms with E-state index in [1.807, 2.05) is 0 Å². The monoisotopic (exact) mass is 196 g/mol. The molecule has 82 valence electrons. The van der Waals surface area contributed by atoms with Gasteiger partial charge in [-0.25, -0.2) is 0 Å². The quantitative estimate of drug-likeness (QED) is 0.723. The Morgan fingerprint density at radius 3 is 2.86 bits per heavy atom. The number of nitrogens with one attached hydrogen (secondary N) is 1. The second kappa shape index (κ2) is 5.13. The van der Waals surface area contributed by atoms with Crippen LogP contribution in [0.25, 0.3) is 0 Å². The van der Waals surface area contributed by atoms with Gasteiger partial charge in [-0.2, -0.15) is 0 Å². The third-order valence-electron chi connectivity index (χ3n) is 3.96. The molecule has 1 heterocycles. The third-order valence-corrected chi connectivity index (χ3v) is 3.96. The maximum atomic E-state index is 3.47. The van der Waals surface area contributed by atoms with E-state index < -0.39 is 0 Å². The first-order valence-corrected chi connectivity index (χ1v) is 6.29. The van der Waals surface area contributed by atoms with Crippen LogP contribution in [0.2, 0.25) is 0 Å². The highest BCUT2D eigenvalue weighted by atomic mass is 15.2. The Kier molecular flexibility index (Phi) is 3.82. The summed E-state index contributed by atoms with van der Waals surface area (Å²) in [6.45, 7) is 8.80. The van der Waals surface area contributed by atoms with Gasteiger partial charge in [-0.15, -0.1) is 0 Å². The molecule has 0 spiro atoms.